The van der Waals surface area contributed by atoms with E-state index in [0.29, 0.717) is 45.3 Å². The average Bonchev–Trinajstić information content (AvgIpc) is 2.60. The van der Waals surface area contributed by atoms with Crippen molar-refractivity contribution in [2.75, 3.05) is 39.3 Å². The van der Waals surface area contributed by atoms with Crippen LogP contribution in [0.25, 0.3) is 0 Å². The second-order valence-corrected chi connectivity index (χ2v) is 7.33. The highest BCUT2D eigenvalue weighted by Crippen LogP contribution is 2.08. The van der Waals surface area contributed by atoms with Gasteiger partial charge in [0.15, 0.2) is 0 Å². The lowest BCUT2D eigenvalue weighted by molar-refractivity contribution is -0.121. The molecule has 0 aliphatic carbocycles. The van der Waals surface area contributed by atoms with E-state index in [-0.39, 0.29) is 17.3 Å². The number of carbonyl (C=O) groups is 3. The van der Waals surface area contributed by atoms with Crippen molar-refractivity contribution in [1.82, 2.24) is 10.2 Å². The fourth-order valence-corrected chi connectivity index (χ4v) is 3.28. The van der Waals surface area contributed by atoms with Gasteiger partial charge in [0.05, 0.1) is 13.1 Å². The van der Waals surface area contributed by atoms with E-state index in [4.69, 9.17) is 5.73 Å². The monoisotopic (exact) mass is 367 g/mol. The summed E-state index contributed by atoms with van der Waals surface area (Å²) in [5.41, 5.74) is 5.47. The molecule has 0 bridgehead atoms. The molecule has 1 aliphatic rings. The Kier molecular flexibility index (Phi) is 13.2. The molecule has 0 saturated carbocycles. The molecule has 1 saturated heterocycles. The molecule has 0 aromatic carbocycles. The summed E-state index contributed by atoms with van der Waals surface area (Å²) in [7, 11) is 0. The van der Waals surface area contributed by atoms with Gasteiger partial charge in [0.2, 0.25) is 0 Å². The number of nitrogens with one attached hydrogen (secondary N) is 1. The second-order valence-electron chi connectivity index (χ2n) is 7.33. The van der Waals surface area contributed by atoms with Crippen LogP contribution in [0.5, 0.6) is 0 Å². The Labute approximate surface area is 158 Å². The first-order valence-corrected chi connectivity index (χ1v) is 10.3. The van der Waals surface area contributed by atoms with Gasteiger partial charge in [0.25, 0.3) is 0 Å². The Morgan fingerprint density at radius 2 is 1.54 bits per heavy atom. The molecule has 6 nitrogen and oxygen atoms in total. The molecule has 6 heteroatoms. The normalized spacial score (nSPS) is 21.1. The molecule has 0 aromatic heterocycles. The van der Waals surface area contributed by atoms with E-state index < -0.39 is 0 Å². The van der Waals surface area contributed by atoms with Gasteiger partial charge in [-0.25, -0.2) is 0 Å². The first kappa shape index (κ1) is 22.9. The Balaban J connectivity index is 2.44. The predicted octanol–water partition coefficient (Wildman–Crippen LogP) is 1.85. The highest BCUT2D eigenvalue weighted by atomic mass is 16.1. The molecule has 0 radical (unpaired) electrons. The summed E-state index contributed by atoms with van der Waals surface area (Å²) < 4.78 is 0. The average molecular weight is 368 g/mol. The van der Waals surface area contributed by atoms with Gasteiger partial charge < -0.3 is 11.1 Å². The molecule has 1 rings (SSSR count). The van der Waals surface area contributed by atoms with E-state index in [1.165, 1.54) is 0 Å². The quantitative estimate of drug-likeness (QED) is 0.788. The molecule has 1 aliphatic heterocycles. The SMILES string of the molecule is NCCC(=O)CN1CCCCCCNCC(=O)CCCCC(=O)CCC1. The second kappa shape index (κ2) is 15.0. The van der Waals surface area contributed by atoms with Crippen LogP contribution in [0.4, 0.5) is 0 Å². The molecular weight excluding hydrogens is 330 g/mol. The van der Waals surface area contributed by atoms with Crippen LogP contribution in [0.1, 0.15) is 70.6 Å². The zero-order chi connectivity index (χ0) is 19.0. The minimum absolute atomic E-state index is 0.190. The van der Waals surface area contributed by atoms with Crippen molar-refractivity contribution in [2.45, 2.75) is 70.6 Å². The van der Waals surface area contributed by atoms with E-state index in [1.54, 1.807) is 0 Å². The van der Waals surface area contributed by atoms with Crippen molar-refractivity contribution in [1.29, 1.82) is 0 Å². The Morgan fingerprint density at radius 3 is 2.31 bits per heavy atom. The van der Waals surface area contributed by atoms with Gasteiger partial charge in [-0.15, -0.1) is 0 Å². The fraction of sp³-hybridized carbons (Fsp3) is 0.850. The van der Waals surface area contributed by atoms with Gasteiger partial charge in [0.1, 0.15) is 17.3 Å². The maximum atomic E-state index is 12.0. The van der Waals surface area contributed by atoms with E-state index in [0.717, 1.165) is 64.6 Å². The standard InChI is InChI=1S/C20H37N3O3/c21-12-11-20(26)17-23-14-6-2-1-5-13-22-16-19(25)9-4-3-8-18(24)10-7-15-23/h22H,1-17,21H2. The Bertz CT molecular complexity index is 427. The molecule has 26 heavy (non-hydrogen) atoms. The minimum atomic E-state index is 0.190. The van der Waals surface area contributed by atoms with Crippen LogP contribution in [0.2, 0.25) is 0 Å². The highest BCUT2D eigenvalue weighted by Gasteiger charge is 2.12. The van der Waals surface area contributed by atoms with Crippen molar-refractivity contribution in [3.63, 3.8) is 0 Å². The van der Waals surface area contributed by atoms with Crippen molar-refractivity contribution in [3.05, 3.63) is 0 Å². The lowest BCUT2D eigenvalue weighted by atomic mass is 10.1. The largest absolute Gasteiger partial charge is 0.330 e. The van der Waals surface area contributed by atoms with Gasteiger partial charge in [0, 0.05) is 25.7 Å². The molecule has 150 valence electrons. The molecule has 0 spiro atoms. The molecule has 0 amide bonds. The molecule has 1 heterocycles. The third-order valence-corrected chi connectivity index (χ3v) is 4.81. The smallest absolute Gasteiger partial charge is 0.148 e. The number of Topliss-reactive ketones (excluding diaryl/α,β-unsaturated/α-hetero) is 3. The van der Waals surface area contributed by atoms with Gasteiger partial charge in [-0.1, -0.05) is 12.8 Å². The zero-order valence-electron chi connectivity index (χ0n) is 16.3. The lowest BCUT2D eigenvalue weighted by Crippen LogP contribution is -2.33. The third-order valence-electron chi connectivity index (χ3n) is 4.81. The van der Waals surface area contributed by atoms with Crippen LogP contribution in [0, 0.1) is 0 Å². The summed E-state index contributed by atoms with van der Waals surface area (Å²) in [4.78, 5) is 37.8. The summed E-state index contributed by atoms with van der Waals surface area (Å²) in [5.74, 6) is 0.705. The number of hydrogen-bond acceptors (Lipinski definition) is 6. The molecular formula is C20H37N3O3. The first-order valence-electron chi connectivity index (χ1n) is 10.3. The molecule has 0 aromatic rings. The minimum Gasteiger partial charge on any atom is -0.330 e. The zero-order valence-corrected chi connectivity index (χ0v) is 16.3. The predicted molar refractivity (Wildman–Crippen MR) is 104 cm³/mol. The maximum Gasteiger partial charge on any atom is 0.148 e. The summed E-state index contributed by atoms with van der Waals surface area (Å²) in [6.45, 7) is 3.88. The third kappa shape index (κ3) is 12.3. The van der Waals surface area contributed by atoms with Crippen LogP contribution < -0.4 is 11.1 Å². The van der Waals surface area contributed by atoms with Crippen LogP contribution in [0.15, 0.2) is 0 Å². The van der Waals surface area contributed by atoms with Crippen molar-refractivity contribution in [2.24, 2.45) is 5.73 Å². The molecule has 0 unspecified atom stereocenters. The van der Waals surface area contributed by atoms with E-state index in [2.05, 4.69) is 10.2 Å². The van der Waals surface area contributed by atoms with Gasteiger partial charge in [-0.3, -0.25) is 19.3 Å². The number of carbonyl (C=O) groups excluding carboxylic acids is 3. The van der Waals surface area contributed by atoms with Crippen LogP contribution >= 0.6 is 0 Å². The number of nitrogens with two attached hydrogens (primary N) is 1. The number of hydrogen-bond donors (Lipinski definition) is 2. The summed E-state index contributed by atoms with van der Waals surface area (Å²) in [5, 5.41) is 3.21. The van der Waals surface area contributed by atoms with E-state index in [1.807, 2.05) is 0 Å². The first-order chi connectivity index (χ1) is 12.6. The fourth-order valence-electron chi connectivity index (χ4n) is 3.28. The Hall–Kier alpha value is -1.11. The number of nitrogens with zero attached hydrogens (tertiary/aromatic N) is 1. The van der Waals surface area contributed by atoms with Crippen LogP contribution in [0.3, 0.4) is 0 Å². The lowest BCUT2D eigenvalue weighted by Gasteiger charge is -2.21. The Morgan fingerprint density at radius 1 is 0.885 bits per heavy atom. The van der Waals surface area contributed by atoms with E-state index >= 15 is 0 Å². The molecule has 1 fully saturated rings. The number of rotatable bonds is 4. The van der Waals surface area contributed by atoms with Crippen molar-refractivity contribution in [3.8, 4) is 0 Å². The van der Waals surface area contributed by atoms with E-state index in [9.17, 15) is 14.4 Å². The van der Waals surface area contributed by atoms with Gasteiger partial charge in [-0.05, 0) is 58.3 Å². The molecule has 3 N–H and O–H groups in total. The number of ketones is 3. The van der Waals surface area contributed by atoms with Crippen molar-refractivity contribution >= 4 is 17.3 Å². The summed E-state index contributed by atoms with van der Waals surface area (Å²) in [6, 6.07) is 0. The molecule has 0 atom stereocenters. The summed E-state index contributed by atoms with van der Waals surface area (Å²) >= 11 is 0. The maximum absolute atomic E-state index is 12.0. The van der Waals surface area contributed by atoms with Crippen LogP contribution in [-0.2, 0) is 14.4 Å². The van der Waals surface area contributed by atoms with Gasteiger partial charge >= 0.3 is 0 Å². The summed E-state index contributed by atoms with van der Waals surface area (Å²) in [6.07, 6.45) is 8.91. The van der Waals surface area contributed by atoms with Crippen molar-refractivity contribution < 1.29 is 14.4 Å². The topological polar surface area (TPSA) is 92.5 Å². The highest BCUT2D eigenvalue weighted by molar-refractivity contribution is 5.81. The van der Waals surface area contributed by atoms with Gasteiger partial charge in [-0.2, -0.15) is 0 Å². The van der Waals surface area contributed by atoms with Crippen LogP contribution in [-0.4, -0.2) is 61.5 Å².